The fraction of sp³-hybridized carbons (Fsp3) is 0.906. The summed E-state index contributed by atoms with van der Waals surface area (Å²) in [5, 5.41) is 20.1. The summed E-state index contributed by atoms with van der Waals surface area (Å²) < 4.78 is 65.1. The van der Waals surface area contributed by atoms with E-state index in [1.54, 1.807) is 6.92 Å². The van der Waals surface area contributed by atoms with E-state index in [1.807, 2.05) is 13.8 Å². The van der Waals surface area contributed by atoms with Crippen molar-refractivity contribution in [1.82, 2.24) is 0 Å². The molecule has 0 aliphatic rings. The molecule has 0 radical (unpaired) electrons. The fourth-order valence-electron chi connectivity index (χ4n) is 4.09. The molecule has 17 nitrogen and oxygen atoms in total. The number of esters is 3. The molecule has 0 aliphatic carbocycles. The molecular formula is C32H62O17P2. The van der Waals surface area contributed by atoms with Crippen LogP contribution in [0.1, 0.15) is 124 Å². The van der Waals surface area contributed by atoms with E-state index in [0.29, 0.717) is 32.1 Å². The maximum atomic E-state index is 12.5. The lowest BCUT2D eigenvalue weighted by atomic mass is 10.1. The zero-order valence-electron chi connectivity index (χ0n) is 30.6. The molecule has 302 valence electrons. The number of phosphoric ester groups is 2. The maximum Gasteiger partial charge on any atom is 0.472 e. The van der Waals surface area contributed by atoms with Gasteiger partial charge in [0.05, 0.1) is 33.0 Å². The first-order valence-electron chi connectivity index (χ1n) is 17.9. The second-order valence-electron chi connectivity index (χ2n) is 12.0. The molecule has 0 aliphatic heterocycles. The molecule has 0 aromatic rings. The SMILES string of the molecule is CCCCCCCC(=O)O[C@H](COC(=O)CCCC)COP(=O)(O)OC[C@H](O)COP(=O)(O)OC[C@@H](COC(O)CCCCC)OC(=O)CCC. The zero-order valence-corrected chi connectivity index (χ0v) is 32.4. The molecule has 6 atom stereocenters. The van der Waals surface area contributed by atoms with E-state index in [0.717, 1.165) is 44.9 Å². The van der Waals surface area contributed by atoms with Gasteiger partial charge in [0.15, 0.2) is 12.4 Å². The fourth-order valence-corrected chi connectivity index (χ4v) is 5.67. The number of aliphatic hydroxyl groups excluding tert-OH is 2. The van der Waals surface area contributed by atoms with Gasteiger partial charge in [-0.25, -0.2) is 9.13 Å². The minimum absolute atomic E-state index is 0.0744. The third-order valence-corrected chi connectivity index (χ3v) is 8.84. The Bertz CT molecular complexity index is 1030. The molecule has 0 amide bonds. The average Bonchev–Trinajstić information content (AvgIpc) is 3.08. The van der Waals surface area contributed by atoms with Crippen LogP contribution >= 0.6 is 15.6 Å². The van der Waals surface area contributed by atoms with E-state index in [1.165, 1.54) is 0 Å². The topological polar surface area (TPSA) is 240 Å². The lowest BCUT2D eigenvalue weighted by molar-refractivity contribution is -0.166. The highest BCUT2D eigenvalue weighted by Crippen LogP contribution is 2.45. The summed E-state index contributed by atoms with van der Waals surface area (Å²) in [6.45, 7) is 3.89. The number of carbonyl (C=O) groups is 3. The highest BCUT2D eigenvalue weighted by molar-refractivity contribution is 7.47. The van der Waals surface area contributed by atoms with Gasteiger partial charge in [-0.3, -0.25) is 32.5 Å². The van der Waals surface area contributed by atoms with E-state index in [-0.39, 0.29) is 25.9 Å². The Hall–Kier alpha value is -1.49. The molecule has 0 heterocycles. The summed E-state index contributed by atoms with van der Waals surface area (Å²) in [5.74, 6) is -1.74. The van der Waals surface area contributed by atoms with Crippen molar-refractivity contribution in [3.8, 4) is 0 Å². The summed E-state index contributed by atoms with van der Waals surface area (Å²) in [4.78, 5) is 56.5. The van der Waals surface area contributed by atoms with Crippen LogP contribution in [0.2, 0.25) is 0 Å². The molecule has 51 heavy (non-hydrogen) atoms. The molecule has 0 fully saturated rings. The Balaban J connectivity index is 4.94. The Morgan fingerprint density at radius 3 is 1.55 bits per heavy atom. The third-order valence-electron chi connectivity index (χ3n) is 6.94. The number of unbranched alkanes of at least 4 members (excludes halogenated alkanes) is 7. The molecule has 0 bridgehead atoms. The largest absolute Gasteiger partial charge is 0.472 e. The molecule has 19 heteroatoms. The normalized spacial score (nSPS) is 16.3. The van der Waals surface area contributed by atoms with Crippen molar-refractivity contribution in [2.75, 3.05) is 39.6 Å². The van der Waals surface area contributed by atoms with Crippen LogP contribution < -0.4 is 0 Å². The van der Waals surface area contributed by atoms with E-state index >= 15 is 0 Å². The number of hydrogen-bond acceptors (Lipinski definition) is 15. The molecule has 0 saturated carbocycles. The zero-order chi connectivity index (χ0) is 38.5. The van der Waals surface area contributed by atoms with Crippen LogP contribution in [0.4, 0.5) is 0 Å². The smallest absolute Gasteiger partial charge is 0.462 e. The highest BCUT2D eigenvalue weighted by atomic mass is 31.2. The quantitative estimate of drug-likeness (QED) is 0.0214. The van der Waals surface area contributed by atoms with Gasteiger partial charge in [0.1, 0.15) is 18.8 Å². The molecule has 0 spiro atoms. The predicted octanol–water partition coefficient (Wildman–Crippen LogP) is 5.25. The number of ether oxygens (including phenoxy) is 4. The Labute approximate surface area is 302 Å². The average molecular weight is 781 g/mol. The lowest BCUT2D eigenvalue weighted by Crippen LogP contribution is -2.31. The van der Waals surface area contributed by atoms with E-state index < -0.39 is 91.2 Å². The highest BCUT2D eigenvalue weighted by Gasteiger charge is 2.30. The van der Waals surface area contributed by atoms with E-state index in [9.17, 15) is 43.5 Å². The van der Waals surface area contributed by atoms with Crippen molar-refractivity contribution in [2.24, 2.45) is 0 Å². The third kappa shape index (κ3) is 29.6. The molecule has 0 aromatic carbocycles. The first-order valence-corrected chi connectivity index (χ1v) is 20.9. The molecule has 0 saturated heterocycles. The van der Waals surface area contributed by atoms with Gasteiger partial charge in [0.2, 0.25) is 0 Å². The minimum Gasteiger partial charge on any atom is -0.462 e. The Morgan fingerprint density at radius 2 is 1.00 bits per heavy atom. The van der Waals surface area contributed by atoms with Gasteiger partial charge >= 0.3 is 33.6 Å². The van der Waals surface area contributed by atoms with Crippen molar-refractivity contribution < 1.29 is 80.6 Å². The van der Waals surface area contributed by atoms with E-state index in [4.69, 9.17) is 37.0 Å². The molecule has 3 unspecified atom stereocenters. The second kappa shape index (κ2) is 29.9. The number of carbonyl (C=O) groups excluding carboxylic acids is 3. The monoisotopic (exact) mass is 780 g/mol. The predicted molar refractivity (Wildman–Crippen MR) is 184 cm³/mol. The molecule has 0 rings (SSSR count). The van der Waals surface area contributed by atoms with Crippen LogP contribution in [0, 0.1) is 0 Å². The first-order chi connectivity index (χ1) is 24.2. The number of rotatable bonds is 34. The summed E-state index contributed by atoms with van der Waals surface area (Å²) in [5.41, 5.74) is 0. The summed E-state index contributed by atoms with van der Waals surface area (Å²) in [7, 11) is -9.72. The van der Waals surface area contributed by atoms with Crippen molar-refractivity contribution in [2.45, 2.75) is 149 Å². The van der Waals surface area contributed by atoms with E-state index in [2.05, 4.69) is 6.92 Å². The van der Waals surface area contributed by atoms with Gasteiger partial charge in [-0.1, -0.05) is 72.6 Å². The second-order valence-corrected chi connectivity index (χ2v) is 14.9. The summed E-state index contributed by atoms with van der Waals surface area (Å²) in [6.07, 6.45) is 4.29. The van der Waals surface area contributed by atoms with Gasteiger partial charge in [-0.2, -0.15) is 0 Å². The van der Waals surface area contributed by atoms with Crippen molar-refractivity contribution in [1.29, 1.82) is 0 Å². The maximum absolute atomic E-state index is 12.5. The van der Waals surface area contributed by atoms with Crippen molar-refractivity contribution >= 4 is 33.6 Å². The van der Waals surface area contributed by atoms with Crippen LogP contribution in [-0.2, 0) is 60.6 Å². The molecule has 4 N–H and O–H groups in total. The Morgan fingerprint density at radius 1 is 0.529 bits per heavy atom. The van der Waals surface area contributed by atoms with Gasteiger partial charge in [0, 0.05) is 19.3 Å². The van der Waals surface area contributed by atoms with Gasteiger partial charge in [-0.05, 0) is 32.1 Å². The Kier molecular flexibility index (Phi) is 29.0. The van der Waals surface area contributed by atoms with Crippen LogP contribution in [-0.4, -0.2) is 102 Å². The van der Waals surface area contributed by atoms with Crippen LogP contribution in [0.5, 0.6) is 0 Å². The first kappa shape index (κ1) is 49.5. The molecular weight excluding hydrogens is 718 g/mol. The van der Waals surface area contributed by atoms with Crippen LogP contribution in [0.25, 0.3) is 0 Å². The summed E-state index contributed by atoms with van der Waals surface area (Å²) >= 11 is 0. The standard InChI is InChI=1S/C32H62O17P2/c1-5-9-12-13-15-19-32(37)49-28(23-42-29(34)17-11-7-3)25-47-51(40,41)45-21-26(33)20-44-50(38,39)46-24-27(48-31(36)16-8-4)22-43-30(35)18-14-10-6-2/h26-28,30,33,35H,5-25H2,1-4H3,(H,38,39)(H,40,41)/t26-,27-,28-,30?/m1/s1. The van der Waals surface area contributed by atoms with Crippen molar-refractivity contribution in [3.05, 3.63) is 0 Å². The van der Waals surface area contributed by atoms with Gasteiger partial charge in [0.25, 0.3) is 0 Å². The van der Waals surface area contributed by atoms with Crippen molar-refractivity contribution in [3.63, 3.8) is 0 Å². The number of phosphoric acid groups is 2. The van der Waals surface area contributed by atoms with Crippen LogP contribution in [0.15, 0.2) is 0 Å². The number of hydrogen-bond donors (Lipinski definition) is 4. The van der Waals surface area contributed by atoms with Crippen LogP contribution in [0.3, 0.4) is 0 Å². The summed E-state index contributed by atoms with van der Waals surface area (Å²) in [6, 6.07) is 0. The lowest BCUT2D eigenvalue weighted by Gasteiger charge is -2.22. The van der Waals surface area contributed by atoms with Gasteiger partial charge in [-0.15, -0.1) is 0 Å². The minimum atomic E-state index is -4.87. The number of aliphatic hydroxyl groups is 2. The van der Waals surface area contributed by atoms with Gasteiger partial charge < -0.3 is 38.9 Å². The molecule has 0 aromatic heterocycles.